The summed E-state index contributed by atoms with van der Waals surface area (Å²) in [5.41, 5.74) is -0.618. The van der Waals surface area contributed by atoms with E-state index in [4.69, 9.17) is 28.4 Å². The zero-order chi connectivity index (χ0) is 49.1. The van der Waals surface area contributed by atoms with Crippen molar-refractivity contribution in [3.8, 4) is 0 Å². The van der Waals surface area contributed by atoms with Crippen LogP contribution in [-0.4, -0.2) is 180 Å². The zero-order valence-corrected chi connectivity index (χ0v) is 39.7. The number of aliphatic hydroxyl groups is 9. The second kappa shape index (κ2) is 18.0. The van der Waals surface area contributed by atoms with Gasteiger partial charge in [-0.3, -0.25) is 4.79 Å². The molecule has 3 saturated heterocycles. The largest absolute Gasteiger partial charge is 0.481 e. The fraction of sp³-hybridized carbons (Fsp3) is 0.917. The van der Waals surface area contributed by atoms with Gasteiger partial charge in [0.2, 0.25) is 0 Å². The highest BCUT2D eigenvalue weighted by Crippen LogP contribution is 2.76. The standard InChI is InChI=1S/C48H76O19/c1-43(2)14-16-48(42(60)61)17-15-46(6)21(22(48)18-43)8-9-26-45(5)12-11-27(44(3,4)25(45)10-13-47(26,46)7)64-41-37(67-40-33(56)31(54)29(52)24(20-50)63-40)35(34(57)36(66-41)38(58)59)65-39-32(55)30(53)28(51)23(19-49)62-39/h8,22-37,39-41,49-57H,9-20H2,1-7H3,(H,58,59)(H,60,61)/t22-,23+,24+,25+,26+,27-,28-,29+,30-,31-,32+,33+,34-,35-,36-,37+,39-,40-,41+,45-,46+,47+,48-/m0/s1. The number of carboxylic acids is 2. The Morgan fingerprint density at radius 3 is 1.75 bits per heavy atom. The van der Waals surface area contributed by atoms with Crippen LogP contribution in [-0.2, 0) is 38.0 Å². The maximum atomic E-state index is 13.2. The Morgan fingerprint density at radius 2 is 1.19 bits per heavy atom. The molecule has 0 amide bonds. The Hall–Kier alpha value is -1.92. The summed E-state index contributed by atoms with van der Waals surface area (Å²) in [6.45, 7) is 14.2. The highest BCUT2D eigenvalue weighted by Gasteiger charge is 2.70. The summed E-state index contributed by atoms with van der Waals surface area (Å²) in [7, 11) is 0. The van der Waals surface area contributed by atoms with Crippen LogP contribution in [0, 0.1) is 50.2 Å². The van der Waals surface area contributed by atoms with Crippen molar-refractivity contribution in [2.24, 2.45) is 50.2 Å². The molecule has 0 aromatic rings. The number of allylic oxidation sites excluding steroid dienone is 2. The monoisotopic (exact) mass is 956 g/mol. The number of carbonyl (C=O) groups is 2. The number of aliphatic carboxylic acids is 2. The lowest BCUT2D eigenvalue weighted by Gasteiger charge is -2.71. The van der Waals surface area contributed by atoms with Gasteiger partial charge in [-0.15, -0.1) is 0 Å². The van der Waals surface area contributed by atoms with E-state index in [2.05, 4.69) is 54.5 Å². The molecule has 67 heavy (non-hydrogen) atoms. The second-order valence-corrected chi connectivity index (χ2v) is 23.5. The molecule has 382 valence electrons. The van der Waals surface area contributed by atoms with E-state index in [-0.39, 0.29) is 39.4 Å². The number of rotatable bonds is 10. The first-order valence-electron chi connectivity index (χ1n) is 24.3. The van der Waals surface area contributed by atoms with E-state index in [1.807, 2.05) is 0 Å². The lowest BCUT2D eigenvalue weighted by atomic mass is 9.33. The molecule has 0 radical (unpaired) electrons. The number of carboxylic acid groups (broad SMARTS) is 2. The minimum absolute atomic E-state index is 0.0299. The van der Waals surface area contributed by atoms with Gasteiger partial charge in [-0.05, 0) is 109 Å². The third-order valence-corrected chi connectivity index (χ3v) is 19.3. The second-order valence-electron chi connectivity index (χ2n) is 23.5. The zero-order valence-electron chi connectivity index (χ0n) is 39.7. The van der Waals surface area contributed by atoms with Gasteiger partial charge in [0.15, 0.2) is 25.0 Å². The first-order chi connectivity index (χ1) is 31.2. The highest BCUT2D eigenvalue weighted by atomic mass is 16.8. The molecule has 0 spiro atoms. The summed E-state index contributed by atoms with van der Waals surface area (Å²) in [5.74, 6) is -2.06. The van der Waals surface area contributed by atoms with Crippen LogP contribution in [0.3, 0.4) is 0 Å². The summed E-state index contributed by atoms with van der Waals surface area (Å²) < 4.78 is 36.4. The minimum atomic E-state index is -2.12. The fourth-order valence-electron chi connectivity index (χ4n) is 15.1. The Bertz CT molecular complexity index is 1870. The van der Waals surface area contributed by atoms with Crippen molar-refractivity contribution in [2.45, 2.75) is 211 Å². The minimum Gasteiger partial charge on any atom is -0.481 e. The van der Waals surface area contributed by atoms with Crippen LogP contribution < -0.4 is 0 Å². The van der Waals surface area contributed by atoms with Crippen molar-refractivity contribution in [3.05, 3.63) is 11.6 Å². The number of aliphatic hydroxyl groups excluding tert-OH is 9. The van der Waals surface area contributed by atoms with Crippen molar-refractivity contribution in [1.29, 1.82) is 0 Å². The van der Waals surface area contributed by atoms with Gasteiger partial charge in [-0.2, -0.15) is 0 Å². The van der Waals surface area contributed by atoms with E-state index >= 15 is 0 Å². The molecule has 11 N–H and O–H groups in total. The molecular formula is C48H76O19. The first-order valence-corrected chi connectivity index (χ1v) is 24.3. The van der Waals surface area contributed by atoms with Crippen molar-refractivity contribution >= 4 is 11.9 Å². The number of ether oxygens (including phenoxy) is 6. The summed E-state index contributed by atoms with van der Waals surface area (Å²) in [5, 5.41) is 117. The van der Waals surface area contributed by atoms with E-state index in [9.17, 15) is 65.8 Å². The average Bonchev–Trinajstić information content (AvgIpc) is 3.26. The van der Waals surface area contributed by atoms with Crippen LogP contribution in [0.25, 0.3) is 0 Å². The Balaban J connectivity index is 1.11. The molecular weight excluding hydrogens is 881 g/mol. The lowest BCUT2D eigenvalue weighted by molar-refractivity contribution is -0.396. The Morgan fingerprint density at radius 1 is 0.627 bits per heavy atom. The molecule has 0 bridgehead atoms. The molecule has 7 fully saturated rings. The van der Waals surface area contributed by atoms with E-state index in [1.165, 1.54) is 5.57 Å². The number of fused-ring (bicyclic) bond motifs is 7. The molecule has 19 heteroatoms. The topological polar surface area (TPSA) is 312 Å². The van der Waals surface area contributed by atoms with Gasteiger partial charge >= 0.3 is 11.9 Å². The molecule has 0 unspecified atom stereocenters. The summed E-state index contributed by atoms with van der Waals surface area (Å²) in [6.07, 6.45) is -18.3. The van der Waals surface area contributed by atoms with Crippen LogP contribution in [0.1, 0.15) is 113 Å². The SMILES string of the molecule is CC1(C)CC[C@]2(C(=O)O)CC[C@]3(C)C(=CC[C@@H]4[C@@]5(C)CC[C@H](O[C@@H]6O[C@H](C(=O)O)[C@@H](O)[C@H](O[C@@H]7O[C@H](CO)[C@H](O)[C@H](O)[C@H]7O)[C@H]6O[C@@H]6O[C@H](CO)[C@@H](O)[C@H](O)[C@H]6O)C(C)(C)[C@H]5CC[C@]43C)[C@@H]2C1. The molecule has 5 aliphatic carbocycles. The van der Waals surface area contributed by atoms with Gasteiger partial charge in [-0.25, -0.2) is 4.79 Å². The van der Waals surface area contributed by atoms with E-state index in [1.54, 1.807) is 0 Å². The van der Waals surface area contributed by atoms with Crippen LogP contribution in [0.15, 0.2) is 11.6 Å². The third-order valence-electron chi connectivity index (χ3n) is 19.3. The van der Waals surface area contributed by atoms with Crippen molar-refractivity contribution in [3.63, 3.8) is 0 Å². The molecule has 19 nitrogen and oxygen atoms in total. The van der Waals surface area contributed by atoms with Crippen molar-refractivity contribution in [1.82, 2.24) is 0 Å². The van der Waals surface area contributed by atoms with Crippen LogP contribution in [0.5, 0.6) is 0 Å². The molecule has 0 aromatic carbocycles. The van der Waals surface area contributed by atoms with Crippen molar-refractivity contribution in [2.75, 3.05) is 13.2 Å². The smallest absolute Gasteiger partial charge is 0.335 e. The summed E-state index contributed by atoms with van der Waals surface area (Å²) in [6, 6.07) is 0. The molecule has 8 aliphatic rings. The molecule has 4 saturated carbocycles. The molecule has 23 atom stereocenters. The molecule has 3 aliphatic heterocycles. The van der Waals surface area contributed by atoms with Crippen LogP contribution >= 0.6 is 0 Å². The molecule has 8 rings (SSSR count). The molecule has 0 aromatic heterocycles. The number of hydrogen-bond donors (Lipinski definition) is 11. The normalized spacial score (nSPS) is 52.7. The van der Waals surface area contributed by atoms with Gasteiger partial charge in [0.25, 0.3) is 0 Å². The van der Waals surface area contributed by atoms with Gasteiger partial charge in [0, 0.05) is 0 Å². The Labute approximate surface area is 391 Å². The average molecular weight is 957 g/mol. The lowest BCUT2D eigenvalue weighted by Crippen LogP contribution is -2.68. The maximum absolute atomic E-state index is 13.2. The van der Waals surface area contributed by atoms with Crippen molar-refractivity contribution < 1.29 is 94.2 Å². The van der Waals surface area contributed by atoms with Gasteiger partial charge in [-0.1, -0.05) is 60.1 Å². The van der Waals surface area contributed by atoms with Gasteiger partial charge < -0.3 is 84.6 Å². The predicted molar refractivity (Wildman–Crippen MR) is 231 cm³/mol. The first kappa shape index (κ1) is 51.4. The maximum Gasteiger partial charge on any atom is 0.335 e. The summed E-state index contributed by atoms with van der Waals surface area (Å²) in [4.78, 5) is 26.0. The van der Waals surface area contributed by atoms with Gasteiger partial charge in [0.05, 0.1) is 24.7 Å². The van der Waals surface area contributed by atoms with E-state index in [0.717, 1.165) is 38.5 Å². The predicted octanol–water partition coefficient (Wildman–Crippen LogP) is 0.799. The van der Waals surface area contributed by atoms with E-state index in [0.29, 0.717) is 25.7 Å². The quantitative estimate of drug-likeness (QED) is 0.107. The summed E-state index contributed by atoms with van der Waals surface area (Å²) >= 11 is 0. The number of hydrogen-bond acceptors (Lipinski definition) is 17. The Kier molecular flexibility index (Phi) is 13.8. The van der Waals surface area contributed by atoms with Gasteiger partial charge in [0.1, 0.15) is 67.1 Å². The van der Waals surface area contributed by atoms with Crippen LogP contribution in [0.4, 0.5) is 0 Å². The van der Waals surface area contributed by atoms with Crippen LogP contribution in [0.2, 0.25) is 0 Å². The highest BCUT2D eigenvalue weighted by molar-refractivity contribution is 5.76. The fourth-order valence-corrected chi connectivity index (χ4v) is 15.1. The van der Waals surface area contributed by atoms with E-state index < -0.39 is 134 Å². The third kappa shape index (κ3) is 8.06. The molecule has 3 heterocycles.